The third kappa shape index (κ3) is 4.08. The zero-order valence-corrected chi connectivity index (χ0v) is 19.6. The monoisotopic (exact) mass is 484 g/mol. The minimum Gasteiger partial charge on any atom is -0.497 e. The van der Waals surface area contributed by atoms with Gasteiger partial charge in [-0.25, -0.2) is 8.42 Å². The van der Waals surface area contributed by atoms with Crippen molar-refractivity contribution in [1.29, 1.82) is 0 Å². The fraction of sp³-hybridized carbons (Fsp3) is 0.304. The molecule has 0 radical (unpaired) electrons. The van der Waals surface area contributed by atoms with Crippen LogP contribution in [0.3, 0.4) is 0 Å². The standard InChI is InChI=1S/C23H24N4O6S/c1-30-17-4-7-20(31-2)22(14-17)34(28,29)27-11-9-26(10-12-27)23-8-5-18(24-25-23)16-3-6-19-21(13-16)33-15-32-19/h3-8,13-14H,9-12,15H2,1-2H3. The molecule has 0 saturated carbocycles. The molecule has 3 heterocycles. The van der Waals surface area contributed by atoms with Crippen LogP contribution in [0.5, 0.6) is 23.0 Å². The van der Waals surface area contributed by atoms with Gasteiger partial charge in [0.15, 0.2) is 17.3 Å². The molecule has 5 rings (SSSR count). The maximum Gasteiger partial charge on any atom is 0.247 e. The highest BCUT2D eigenvalue weighted by molar-refractivity contribution is 7.89. The lowest BCUT2D eigenvalue weighted by atomic mass is 10.1. The smallest absolute Gasteiger partial charge is 0.247 e. The van der Waals surface area contributed by atoms with Gasteiger partial charge >= 0.3 is 0 Å². The fourth-order valence-corrected chi connectivity index (χ4v) is 5.58. The van der Waals surface area contributed by atoms with Gasteiger partial charge in [-0.15, -0.1) is 10.2 Å². The van der Waals surface area contributed by atoms with Crippen LogP contribution >= 0.6 is 0 Å². The largest absolute Gasteiger partial charge is 0.497 e. The van der Waals surface area contributed by atoms with Crippen LogP contribution in [0.4, 0.5) is 5.82 Å². The minimum absolute atomic E-state index is 0.0932. The van der Waals surface area contributed by atoms with Crippen LogP contribution in [0.15, 0.2) is 53.4 Å². The molecule has 0 atom stereocenters. The number of methoxy groups -OCH3 is 2. The number of sulfonamides is 1. The molecule has 1 aromatic heterocycles. The number of anilines is 1. The normalized spacial score (nSPS) is 15.9. The van der Waals surface area contributed by atoms with Gasteiger partial charge in [-0.2, -0.15) is 4.31 Å². The van der Waals surface area contributed by atoms with E-state index in [0.29, 0.717) is 54.9 Å². The predicted molar refractivity (Wildman–Crippen MR) is 124 cm³/mol. The second-order valence-electron chi connectivity index (χ2n) is 7.75. The molecule has 11 heteroatoms. The van der Waals surface area contributed by atoms with Crippen LogP contribution in [-0.4, -0.2) is 70.1 Å². The first-order valence-corrected chi connectivity index (χ1v) is 12.1. The Morgan fingerprint density at radius 1 is 0.853 bits per heavy atom. The number of hydrogen-bond acceptors (Lipinski definition) is 9. The molecule has 10 nitrogen and oxygen atoms in total. The first kappa shape index (κ1) is 22.2. The first-order chi connectivity index (χ1) is 16.5. The van der Waals surface area contributed by atoms with Gasteiger partial charge in [0.25, 0.3) is 0 Å². The molecule has 3 aromatic rings. The lowest BCUT2D eigenvalue weighted by molar-refractivity contribution is 0.174. The van der Waals surface area contributed by atoms with E-state index in [-0.39, 0.29) is 17.4 Å². The van der Waals surface area contributed by atoms with Crippen molar-refractivity contribution >= 4 is 15.8 Å². The Balaban J connectivity index is 1.28. The van der Waals surface area contributed by atoms with Gasteiger partial charge < -0.3 is 23.8 Å². The molecular weight excluding hydrogens is 460 g/mol. The third-order valence-electron chi connectivity index (χ3n) is 5.87. The Kier molecular flexibility index (Phi) is 5.88. The molecule has 2 aliphatic heterocycles. The summed E-state index contributed by atoms with van der Waals surface area (Å²) in [5, 5.41) is 8.72. The second-order valence-corrected chi connectivity index (χ2v) is 9.66. The molecule has 1 saturated heterocycles. The molecule has 0 N–H and O–H groups in total. The number of nitrogens with zero attached hydrogens (tertiary/aromatic N) is 4. The van der Waals surface area contributed by atoms with Crippen molar-refractivity contribution < 1.29 is 27.4 Å². The van der Waals surface area contributed by atoms with E-state index in [1.165, 1.54) is 24.6 Å². The van der Waals surface area contributed by atoms with Crippen molar-refractivity contribution in [2.24, 2.45) is 0 Å². The predicted octanol–water partition coefficient (Wildman–Crippen LogP) is 2.40. The average Bonchev–Trinajstić information content (AvgIpc) is 3.36. The molecule has 0 unspecified atom stereocenters. The van der Waals surface area contributed by atoms with Crippen LogP contribution in [0, 0.1) is 0 Å². The lowest BCUT2D eigenvalue weighted by Crippen LogP contribution is -2.49. The van der Waals surface area contributed by atoms with E-state index in [4.69, 9.17) is 18.9 Å². The summed E-state index contributed by atoms with van der Waals surface area (Å²) < 4.78 is 49.3. The summed E-state index contributed by atoms with van der Waals surface area (Å²) in [6.07, 6.45) is 0. The number of aromatic nitrogens is 2. The van der Waals surface area contributed by atoms with Crippen molar-refractivity contribution in [2.75, 3.05) is 52.1 Å². The Bertz CT molecular complexity index is 1290. The lowest BCUT2D eigenvalue weighted by Gasteiger charge is -2.34. The molecule has 34 heavy (non-hydrogen) atoms. The zero-order valence-electron chi connectivity index (χ0n) is 18.8. The number of rotatable bonds is 6. The van der Waals surface area contributed by atoms with E-state index < -0.39 is 10.0 Å². The highest BCUT2D eigenvalue weighted by atomic mass is 32.2. The molecule has 0 aliphatic carbocycles. The van der Waals surface area contributed by atoms with E-state index >= 15 is 0 Å². The SMILES string of the molecule is COc1ccc(OC)c(S(=O)(=O)N2CCN(c3ccc(-c4ccc5c(c4)OCO5)nn3)CC2)c1. The molecule has 2 aliphatic rings. The van der Waals surface area contributed by atoms with Crippen molar-refractivity contribution in [2.45, 2.75) is 4.90 Å². The Hall–Kier alpha value is -3.57. The summed E-state index contributed by atoms with van der Waals surface area (Å²) >= 11 is 0. The van der Waals surface area contributed by atoms with E-state index in [2.05, 4.69) is 10.2 Å². The summed E-state index contributed by atoms with van der Waals surface area (Å²) in [6, 6.07) is 14.2. The van der Waals surface area contributed by atoms with Crippen molar-refractivity contribution in [3.8, 4) is 34.3 Å². The minimum atomic E-state index is -3.75. The number of fused-ring (bicyclic) bond motifs is 1. The molecule has 2 aromatic carbocycles. The highest BCUT2D eigenvalue weighted by Gasteiger charge is 2.31. The number of piperazine rings is 1. The van der Waals surface area contributed by atoms with Gasteiger partial charge in [-0.3, -0.25) is 0 Å². The summed E-state index contributed by atoms with van der Waals surface area (Å²) in [4.78, 5) is 2.11. The van der Waals surface area contributed by atoms with Gasteiger partial charge in [-0.05, 0) is 42.5 Å². The maximum absolute atomic E-state index is 13.3. The van der Waals surface area contributed by atoms with Gasteiger partial charge in [0, 0.05) is 37.8 Å². The number of benzene rings is 2. The second kappa shape index (κ2) is 8.99. The molecule has 0 bridgehead atoms. The highest BCUT2D eigenvalue weighted by Crippen LogP contribution is 2.35. The molecule has 178 valence electrons. The van der Waals surface area contributed by atoms with Crippen molar-refractivity contribution in [3.63, 3.8) is 0 Å². The number of ether oxygens (including phenoxy) is 4. The number of hydrogen-bond donors (Lipinski definition) is 0. The zero-order chi connectivity index (χ0) is 23.7. The Morgan fingerprint density at radius 2 is 1.65 bits per heavy atom. The van der Waals surface area contributed by atoms with E-state index in [1.807, 2.05) is 35.2 Å². The van der Waals surface area contributed by atoms with Crippen LogP contribution in [-0.2, 0) is 10.0 Å². The maximum atomic E-state index is 13.3. The summed E-state index contributed by atoms with van der Waals surface area (Å²) in [5.41, 5.74) is 1.60. The molecular formula is C23H24N4O6S. The molecule has 1 fully saturated rings. The Morgan fingerprint density at radius 3 is 2.35 bits per heavy atom. The summed E-state index contributed by atoms with van der Waals surface area (Å²) in [7, 11) is -0.802. The topological polar surface area (TPSA) is 103 Å². The first-order valence-electron chi connectivity index (χ1n) is 10.7. The van der Waals surface area contributed by atoms with E-state index in [9.17, 15) is 8.42 Å². The van der Waals surface area contributed by atoms with Crippen LogP contribution in [0.1, 0.15) is 0 Å². The van der Waals surface area contributed by atoms with Crippen LogP contribution in [0.25, 0.3) is 11.3 Å². The summed E-state index contributed by atoms with van der Waals surface area (Å²) in [6.45, 7) is 1.82. The van der Waals surface area contributed by atoms with Crippen LogP contribution < -0.4 is 23.8 Å². The molecule has 0 spiro atoms. The van der Waals surface area contributed by atoms with Gasteiger partial charge in [0.2, 0.25) is 16.8 Å². The average molecular weight is 485 g/mol. The van der Waals surface area contributed by atoms with E-state index in [0.717, 1.165) is 5.56 Å². The third-order valence-corrected chi connectivity index (χ3v) is 7.79. The Labute approximate surface area is 197 Å². The van der Waals surface area contributed by atoms with Gasteiger partial charge in [0.1, 0.15) is 16.4 Å². The van der Waals surface area contributed by atoms with Gasteiger partial charge in [0.05, 0.1) is 19.9 Å². The fourth-order valence-electron chi connectivity index (χ4n) is 3.99. The van der Waals surface area contributed by atoms with Crippen molar-refractivity contribution in [1.82, 2.24) is 14.5 Å². The van der Waals surface area contributed by atoms with Crippen LogP contribution in [0.2, 0.25) is 0 Å². The summed E-state index contributed by atoms with van der Waals surface area (Å²) in [5.74, 6) is 2.84. The van der Waals surface area contributed by atoms with Gasteiger partial charge in [-0.1, -0.05) is 0 Å². The van der Waals surface area contributed by atoms with Crippen molar-refractivity contribution in [3.05, 3.63) is 48.5 Å². The van der Waals surface area contributed by atoms with E-state index in [1.54, 1.807) is 12.1 Å². The molecule has 0 amide bonds. The quantitative estimate of drug-likeness (QED) is 0.522.